The highest BCUT2D eigenvalue weighted by molar-refractivity contribution is 6.31. The van der Waals surface area contributed by atoms with Crippen molar-refractivity contribution in [2.24, 2.45) is 7.05 Å². The topological polar surface area (TPSA) is 50.2 Å². The first kappa shape index (κ1) is 16.3. The molecule has 5 nitrogen and oxygen atoms in total. The predicted octanol–water partition coefficient (Wildman–Crippen LogP) is 2.13. The Morgan fingerprint density at radius 2 is 2.05 bits per heavy atom. The number of carbonyl (C=O) groups excluding carboxylic acids is 1. The molecule has 0 spiro atoms. The lowest BCUT2D eigenvalue weighted by Crippen LogP contribution is -2.37. The standard InChI is InChI=1S/C15H25ClN4O/c1-3-12-15(16)13(19(2)18-12)11-17-8-7-14(21)20-9-5-4-6-10-20/h17H,3-11H2,1-2H3. The molecule has 0 bridgehead atoms. The first-order valence-corrected chi connectivity index (χ1v) is 8.20. The fourth-order valence-corrected chi connectivity index (χ4v) is 3.08. The molecular weight excluding hydrogens is 288 g/mol. The molecule has 1 aliphatic heterocycles. The molecule has 1 aliphatic rings. The number of nitrogens with zero attached hydrogens (tertiary/aromatic N) is 3. The van der Waals surface area contributed by atoms with Gasteiger partial charge in [0, 0.05) is 39.6 Å². The first-order valence-electron chi connectivity index (χ1n) is 7.82. The summed E-state index contributed by atoms with van der Waals surface area (Å²) in [5, 5.41) is 8.43. The van der Waals surface area contributed by atoms with E-state index in [9.17, 15) is 4.79 Å². The third-order valence-corrected chi connectivity index (χ3v) is 4.46. The van der Waals surface area contributed by atoms with Gasteiger partial charge in [0.2, 0.25) is 5.91 Å². The molecule has 1 aromatic heterocycles. The summed E-state index contributed by atoms with van der Waals surface area (Å²) in [6, 6.07) is 0. The Bertz CT molecular complexity index is 480. The van der Waals surface area contributed by atoms with Crippen LogP contribution < -0.4 is 5.32 Å². The first-order chi connectivity index (χ1) is 10.1. The molecule has 2 rings (SSSR count). The van der Waals surface area contributed by atoms with Crippen LogP contribution in [0, 0.1) is 0 Å². The van der Waals surface area contributed by atoms with E-state index >= 15 is 0 Å². The quantitative estimate of drug-likeness (QED) is 0.819. The smallest absolute Gasteiger partial charge is 0.223 e. The largest absolute Gasteiger partial charge is 0.343 e. The number of aryl methyl sites for hydroxylation is 2. The molecule has 118 valence electrons. The van der Waals surface area contributed by atoms with Crippen LogP contribution in [0.3, 0.4) is 0 Å². The molecule has 1 saturated heterocycles. The third-order valence-electron chi connectivity index (χ3n) is 4.02. The molecule has 6 heteroatoms. The second-order valence-electron chi connectivity index (χ2n) is 5.55. The summed E-state index contributed by atoms with van der Waals surface area (Å²) in [6.07, 6.45) is 4.92. The summed E-state index contributed by atoms with van der Waals surface area (Å²) >= 11 is 6.29. The fourth-order valence-electron chi connectivity index (χ4n) is 2.72. The summed E-state index contributed by atoms with van der Waals surface area (Å²) in [5.41, 5.74) is 1.92. The third kappa shape index (κ3) is 4.20. The van der Waals surface area contributed by atoms with Gasteiger partial charge in [0.1, 0.15) is 0 Å². The molecule has 1 fully saturated rings. The van der Waals surface area contributed by atoms with Gasteiger partial charge in [-0.3, -0.25) is 9.48 Å². The molecule has 2 heterocycles. The van der Waals surface area contributed by atoms with Crippen molar-refractivity contribution in [3.05, 3.63) is 16.4 Å². The van der Waals surface area contributed by atoms with Crippen molar-refractivity contribution in [3.8, 4) is 0 Å². The predicted molar refractivity (Wildman–Crippen MR) is 84.4 cm³/mol. The molecule has 0 aliphatic carbocycles. The number of piperidine rings is 1. The number of aromatic nitrogens is 2. The van der Waals surface area contributed by atoms with Gasteiger partial charge in [-0.2, -0.15) is 5.10 Å². The molecule has 0 atom stereocenters. The van der Waals surface area contributed by atoms with Gasteiger partial charge >= 0.3 is 0 Å². The molecular formula is C15H25ClN4O. The molecule has 0 saturated carbocycles. The van der Waals surface area contributed by atoms with Crippen LogP contribution >= 0.6 is 11.6 Å². The van der Waals surface area contributed by atoms with Crippen LogP contribution in [-0.4, -0.2) is 40.2 Å². The maximum atomic E-state index is 12.0. The van der Waals surface area contributed by atoms with Crippen molar-refractivity contribution in [2.45, 2.75) is 45.6 Å². The van der Waals surface area contributed by atoms with E-state index in [1.165, 1.54) is 6.42 Å². The Morgan fingerprint density at radius 1 is 1.33 bits per heavy atom. The van der Waals surface area contributed by atoms with Crippen molar-refractivity contribution in [1.29, 1.82) is 0 Å². The average Bonchev–Trinajstić information content (AvgIpc) is 2.79. The van der Waals surface area contributed by atoms with Gasteiger partial charge in [-0.15, -0.1) is 0 Å². The van der Waals surface area contributed by atoms with Crippen molar-refractivity contribution < 1.29 is 4.79 Å². The zero-order chi connectivity index (χ0) is 15.2. The minimum absolute atomic E-state index is 0.257. The van der Waals surface area contributed by atoms with Crippen LogP contribution in [0.5, 0.6) is 0 Å². The van der Waals surface area contributed by atoms with E-state index in [0.717, 1.165) is 48.8 Å². The lowest BCUT2D eigenvalue weighted by Gasteiger charge is -2.26. The van der Waals surface area contributed by atoms with E-state index in [1.54, 1.807) is 0 Å². The molecule has 21 heavy (non-hydrogen) atoms. The van der Waals surface area contributed by atoms with Crippen LogP contribution in [0.1, 0.15) is 44.0 Å². The summed E-state index contributed by atoms with van der Waals surface area (Å²) in [6.45, 7) is 5.22. The number of hydrogen-bond donors (Lipinski definition) is 1. The number of carbonyl (C=O) groups is 1. The Labute approximate surface area is 131 Å². The van der Waals surface area contributed by atoms with Gasteiger partial charge in [0.15, 0.2) is 0 Å². The number of likely N-dealkylation sites (tertiary alicyclic amines) is 1. The molecule has 1 amide bonds. The molecule has 0 aromatic carbocycles. The molecule has 1 aromatic rings. The maximum Gasteiger partial charge on any atom is 0.223 e. The average molecular weight is 313 g/mol. The zero-order valence-electron chi connectivity index (χ0n) is 13.0. The summed E-state index contributed by atoms with van der Waals surface area (Å²) in [5.74, 6) is 0.257. The van der Waals surface area contributed by atoms with Gasteiger partial charge in [0.25, 0.3) is 0 Å². The number of hydrogen-bond acceptors (Lipinski definition) is 3. The van der Waals surface area contributed by atoms with Crippen LogP contribution in [0.25, 0.3) is 0 Å². The van der Waals surface area contributed by atoms with E-state index in [4.69, 9.17) is 11.6 Å². The van der Waals surface area contributed by atoms with Crippen molar-refractivity contribution in [1.82, 2.24) is 20.0 Å². The summed E-state index contributed by atoms with van der Waals surface area (Å²) in [7, 11) is 1.90. The highest BCUT2D eigenvalue weighted by Crippen LogP contribution is 2.20. The van der Waals surface area contributed by atoms with Crippen LogP contribution in [0.4, 0.5) is 0 Å². The van der Waals surface area contributed by atoms with Crippen molar-refractivity contribution in [2.75, 3.05) is 19.6 Å². The second-order valence-corrected chi connectivity index (χ2v) is 5.93. The molecule has 1 N–H and O–H groups in total. The van der Waals surface area contributed by atoms with Gasteiger partial charge in [-0.25, -0.2) is 0 Å². The van der Waals surface area contributed by atoms with Crippen LogP contribution in [0.2, 0.25) is 5.02 Å². The Hall–Kier alpha value is -1.07. The maximum absolute atomic E-state index is 12.0. The Kier molecular flexibility index (Phi) is 6.06. The number of nitrogens with one attached hydrogen (secondary N) is 1. The fraction of sp³-hybridized carbons (Fsp3) is 0.733. The van der Waals surface area contributed by atoms with E-state index in [2.05, 4.69) is 10.4 Å². The van der Waals surface area contributed by atoms with Gasteiger partial charge in [0.05, 0.1) is 16.4 Å². The van der Waals surface area contributed by atoms with Gasteiger partial charge < -0.3 is 10.2 Å². The minimum Gasteiger partial charge on any atom is -0.343 e. The number of amides is 1. The summed E-state index contributed by atoms with van der Waals surface area (Å²) in [4.78, 5) is 14.0. The normalized spacial score (nSPS) is 15.5. The Balaban J connectivity index is 1.74. The van der Waals surface area contributed by atoms with Gasteiger partial charge in [-0.05, 0) is 25.7 Å². The SMILES string of the molecule is CCc1nn(C)c(CNCCC(=O)N2CCCCC2)c1Cl. The lowest BCUT2D eigenvalue weighted by molar-refractivity contribution is -0.131. The van der Waals surface area contributed by atoms with Crippen LogP contribution in [0.15, 0.2) is 0 Å². The molecule has 0 unspecified atom stereocenters. The Morgan fingerprint density at radius 3 is 2.67 bits per heavy atom. The van der Waals surface area contributed by atoms with Crippen molar-refractivity contribution in [3.63, 3.8) is 0 Å². The van der Waals surface area contributed by atoms with E-state index in [0.29, 0.717) is 19.5 Å². The lowest BCUT2D eigenvalue weighted by atomic mass is 10.1. The van der Waals surface area contributed by atoms with E-state index < -0.39 is 0 Å². The number of halogens is 1. The molecule has 0 radical (unpaired) electrons. The minimum atomic E-state index is 0.257. The van der Waals surface area contributed by atoms with E-state index in [1.807, 2.05) is 23.6 Å². The summed E-state index contributed by atoms with van der Waals surface area (Å²) < 4.78 is 1.82. The zero-order valence-corrected chi connectivity index (χ0v) is 13.7. The highest BCUT2D eigenvalue weighted by Gasteiger charge is 2.16. The number of rotatable bonds is 6. The van der Waals surface area contributed by atoms with Gasteiger partial charge in [-0.1, -0.05) is 18.5 Å². The van der Waals surface area contributed by atoms with Crippen molar-refractivity contribution >= 4 is 17.5 Å². The second kappa shape index (κ2) is 7.80. The monoisotopic (exact) mass is 312 g/mol. The van der Waals surface area contributed by atoms with Crippen LogP contribution in [-0.2, 0) is 24.8 Å². The highest BCUT2D eigenvalue weighted by atomic mass is 35.5. The van der Waals surface area contributed by atoms with E-state index in [-0.39, 0.29) is 5.91 Å².